The molecule has 0 spiro atoms. The van der Waals surface area contributed by atoms with Crippen LogP contribution in [0.2, 0.25) is 0 Å². The molecule has 2 N–H and O–H groups in total. The molecular formula is C18H20N2O6. The maximum absolute atomic E-state index is 12.4. The van der Waals surface area contributed by atoms with Crippen molar-refractivity contribution in [3.05, 3.63) is 35.9 Å². The summed E-state index contributed by atoms with van der Waals surface area (Å²) in [6.07, 6.45) is 0.0880. The van der Waals surface area contributed by atoms with Crippen molar-refractivity contribution in [3.63, 3.8) is 0 Å². The van der Waals surface area contributed by atoms with Gasteiger partial charge in [-0.15, -0.1) is 0 Å². The Morgan fingerprint density at radius 2 is 2.27 bits per heavy atom. The summed E-state index contributed by atoms with van der Waals surface area (Å²) in [5.74, 6) is 1.52. The number of fused-ring (bicyclic) bond motifs is 1. The van der Waals surface area contributed by atoms with E-state index in [0.717, 1.165) is 5.56 Å². The average Bonchev–Trinajstić information content (AvgIpc) is 3.23. The summed E-state index contributed by atoms with van der Waals surface area (Å²) in [5.41, 5.74) is 0.841. The van der Waals surface area contributed by atoms with Crippen LogP contribution >= 0.6 is 0 Å². The number of hydrogen-bond acceptors (Lipinski definition) is 6. The van der Waals surface area contributed by atoms with Gasteiger partial charge in [-0.2, -0.15) is 4.99 Å². The standard InChI is InChI=1S/C18H20N2O6/c1-24-12-4-2-3-10(5-12)14-6-11-8-20(18(23)19-17(11)26-14)16-7-13(22)15(9-21)25-16/h2-6,11,13,15-16,21-22H,7-9H2,1H3/t11?,13-,15+,16+/m0/s1. The van der Waals surface area contributed by atoms with Gasteiger partial charge in [0.15, 0.2) is 0 Å². The van der Waals surface area contributed by atoms with Crippen molar-refractivity contribution in [2.45, 2.75) is 24.9 Å². The van der Waals surface area contributed by atoms with Crippen LogP contribution in [0.4, 0.5) is 4.79 Å². The lowest BCUT2D eigenvalue weighted by atomic mass is 10.1. The summed E-state index contributed by atoms with van der Waals surface area (Å²) in [4.78, 5) is 17.9. The van der Waals surface area contributed by atoms with Crippen molar-refractivity contribution in [1.82, 2.24) is 4.90 Å². The molecule has 2 amide bonds. The number of urea groups is 1. The highest BCUT2D eigenvalue weighted by atomic mass is 16.5. The van der Waals surface area contributed by atoms with Gasteiger partial charge in [-0.05, 0) is 18.2 Å². The first-order valence-corrected chi connectivity index (χ1v) is 8.46. The van der Waals surface area contributed by atoms with Crippen LogP contribution in [-0.4, -0.2) is 65.7 Å². The molecule has 8 nitrogen and oxygen atoms in total. The first-order chi connectivity index (χ1) is 12.6. The predicted octanol–water partition coefficient (Wildman–Crippen LogP) is 0.985. The van der Waals surface area contributed by atoms with E-state index in [-0.39, 0.29) is 18.9 Å². The third kappa shape index (κ3) is 2.96. The topological polar surface area (TPSA) is 101 Å². The first kappa shape index (κ1) is 17.0. The van der Waals surface area contributed by atoms with Crippen LogP contribution in [0.15, 0.2) is 35.3 Å². The number of ether oxygens (including phenoxy) is 3. The van der Waals surface area contributed by atoms with Gasteiger partial charge in [-0.25, -0.2) is 4.79 Å². The molecule has 1 unspecified atom stereocenters. The molecule has 138 valence electrons. The van der Waals surface area contributed by atoms with Gasteiger partial charge < -0.3 is 24.4 Å². The number of hydrogen-bond donors (Lipinski definition) is 2. The molecule has 0 saturated carbocycles. The predicted molar refractivity (Wildman–Crippen MR) is 91.5 cm³/mol. The molecule has 3 aliphatic rings. The second-order valence-electron chi connectivity index (χ2n) is 6.47. The summed E-state index contributed by atoms with van der Waals surface area (Å²) in [5, 5.41) is 19.1. The molecular weight excluding hydrogens is 340 g/mol. The monoisotopic (exact) mass is 360 g/mol. The van der Waals surface area contributed by atoms with Crippen LogP contribution in [0, 0.1) is 5.92 Å². The van der Waals surface area contributed by atoms with Crippen molar-refractivity contribution in [2.75, 3.05) is 20.3 Å². The number of benzene rings is 1. The van der Waals surface area contributed by atoms with E-state index in [9.17, 15) is 15.0 Å². The minimum atomic E-state index is -0.800. The Bertz CT molecular complexity index is 777. The Hall–Kier alpha value is -2.42. The van der Waals surface area contributed by atoms with E-state index in [2.05, 4.69) is 4.99 Å². The number of rotatable bonds is 4. The highest BCUT2D eigenvalue weighted by molar-refractivity contribution is 6.00. The van der Waals surface area contributed by atoms with Crippen LogP contribution in [0.25, 0.3) is 5.76 Å². The van der Waals surface area contributed by atoms with Crippen molar-refractivity contribution in [3.8, 4) is 5.75 Å². The fourth-order valence-corrected chi connectivity index (χ4v) is 3.41. The normalized spacial score (nSPS) is 30.6. The van der Waals surface area contributed by atoms with E-state index in [4.69, 9.17) is 14.2 Å². The zero-order chi connectivity index (χ0) is 18.3. The molecule has 1 aromatic carbocycles. The van der Waals surface area contributed by atoms with Gasteiger partial charge >= 0.3 is 6.03 Å². The van der Waals surface area contributed by atoms with E-state index in [0.29, 0.717) is 24.0 Å². The molecule has 4 rings (SSSR count). The molecule has 4 atom stereocenters. The summed E-state index contributed by atoms with van der Waals surface area (Å²) in [6, 6.07) is 6.99. The van der Waals surface area contributed by atoms with E-state index in [1.165, 1.54) is 4.90 Å². The fraction of sp³-hybridized carbons (Fsp3) is 0.444. The van der Waals surface area contributed by atoms with Gasteiger partial charge in [0.05, 0.1) is 25.7 Å². The molecule has 0 aromatic heterocycles. The third-order valence-electron chi connectivity index (χ3n) is 4.82. The number of methoxy groups -OCH3 is 1. The number of carbonyl (C=O) groups excluding carboxylic acids is 1. The van der Waals surface area contributed by atoms with Gasteiger partial charge in [0.1, 0.15) is 23.8 Å². The number of amides is 2. The maximum Gasteiger partial charge on any atom is 0.348 e. The summed E-state index contributed by atoms with van der Waals surface area (Å²) < 4.78 is 16.6. The number of nitrogens with zero attached hydrogens (tertiary/aromatic N) is 2. The number of aliphatic hydroxyl groups excluding tert-OH is 2. The lowest BCUT2D eigenvalue weighted by molar-refractivity contribution is -0.0647. The number of carbonyl (C=O) groups is 1. The van der Waals surface area contributed by atoms with Gasteiger partial charge in [0.25, 0.3) is 0 Å². The lowest BCUT2D eigenvalue weighted by Crippen LogP contribution is -2.46. The average molecular weight is 360 g/mol. The largest absolute Gasteiger partial charge is 0.497 e. The highest BCUT2D eigenvalue weighted by Gasteiger charge is 2.43. The van der Waals surface area contributed by atoms with Crippen molar-refractivity contribution in [2.24, 2.45) is 10.9 Å². The molecule has 1 saturated heterocycles. The molecule has 0 bridgehead atoms. The minimum absolute atomic E-state index is 0.178. The summed E-state index contributed by atoms with van der Waals surface area (Å²) >= 11 is 0. The Kier molecular flexibility index (Phi) is 4.39. The zero-order valence-corrected chi connectivity index (χ0v) is 14.2. The first-order valence-electron chi connectivity index (χ1n) is 8.46. The van der Waals surface area contributed by atoms with Gasteiger partial charge in [0.2, 0.25) is 5.90 Å². The quantitative estimate of drug-likeness (QED) is 0.830. The van der Waals surface area contributed by atoms with Crippen molar-refractivity contribution in [1.29, 1.82) is 0 Å². The van der Waals surface area contributed by atoms with Crippen molar-refractivity contribution >= 4 is 17.7 Å². The highest BCUT2D eigenvalue weighted by Crippen LogP contribution is 2.34. The Morgan fingerprint density at radius 1 is 1.42 bits per heavy atom. The van der Waals surface area contributed by atoms with Crippen LogP contribution in [-0.2, 0) is 9.47 Å². The second kappa shape index (κ2) is 6.71. The van der Waals surface area contributed by atoms with Crippen LogP contribution in [0.5, 0.6) is 5.75 Å². The SMILES string of the molecule is COc1cccc(C2=CC3CN([C@H]4C[C@H](O)[C@@H](CO)O4)C(=O)N=C3O2)c1. The Morgan fingerprint density at radius 3 is 3.00 bits per heavy atom. The molecule has 8 heteroatoms. The smallest absolute Gasteiger partial charge is 0.348 e. The lowest BCUT2D eigenvalue weighted by Gasteiger charge is -2.31. The van der Waals surface area contributed by atoms with Gasteiger partial charge in [0, 0.05) is 18.5 Å². The summed E-state index contributed by atoms with van der Waals surface area (Å²) in [7, 11) is 1.60. The minimum Gasteiger partial charge on any atom is -0.497 e. The van der Waals surface area contributed by atoms with E-state index < -0.39 is 24.5 Å². The van der Waals surface area contributed by atoms with Crippen LogP contribution in [0.1, 0.15) is 12.0 Å². The Balaban J connectivity index is 1.53. The Labute approximate surface area is 150 Å². The molecule has 1 aromatic rings. The number of aliphatic hydroxyl groups is 2. The third-order valence-corrected chi connectivity index (χ3v) is 4.82. The molecule has 0 radical (unpaired) electrons. The van der Waals surface area contributed by atoms with Crippen molar-refractivity contribution < 1.29 is 29.2 Å². The zero-order valence-electron chi connectivity index (χ0n) is 14.2. The van der Waals surface area contributed by atoms with E-state index >= 15 is 0 Å². The maximum atomic E-state index is 12.4. The molecule has 3 aliphatic heterocycles. The molecule has 26 heavy (non-hydrogen) atoms. The molecule has 1 fully saturated rings. The van der Waals surface area contributed by atoms with Gasteiger partial charge in [-0.3, -0.25) is 4.90 Å². The number of aliphatic imine (C=N–C) groups is 1. The second-order valence-corrected chi connectivity index (χ2v) is 6.47. The molecule has 3 heterocycles. The van der Waals surface area contributed by atoms with Crippen LogP contribution in [0.3, 0.4) is 0 Å². The van der Waals surface area contributed by atoms with E-state index in [1.807, 2.05) is 30.3 Å². The molecule has 0 aliphatic carbocycles. The van der Waals surface area contributed by atoms with Crippen LogP contribution < -0.4 is 4.74 Å². The fourth-order valence-electron chi connectivity index (χ4n) is 3.41. The van der Waals surface area contributed by atoms with E-state index in [1.54, 1.807) is 7.11 Å². The van der Waals surface area contributed by atoms with Gasteiger partial charge in [-0.1, -0.05) is 12.1 Å². The summed E-state index contributed by atoms with van der Waals surface area (Å²) in [6.45, 7) is 0.0569.